The van der Waals surface area contributed by atoms with Crippen LogP contribution in [0.25, 0.3) is 10.6 Å². The lowest BCUT2D eigenvalue weighted by Gasteiger charge is -2.14. The summed E-state index contributed by atoms with van der Waals surface area (Å²) in [5.41, 5.74) is 1.28. The number of carboxylic acid groups (broad SMARTS) is 1. The summed E-state index contributed by atoms with van der Waals surface area (Å²) in [4.78, 5) is 12.2. The summed E-state index contributed by atoms with van der Waals surface area (Å²) in [5.74, 6) is -0.888. The van der Waals surface area contributed by atoms with Gasteiger partial charge in [0.25, 0.3) is 0 Å². The monoisotopic (exact) mass is 313 g/mol. The lowest BCUT2D eigenvalue weighted by Crippen LogP contribution is -2.11. The van der Waals surface area contributed by atoms with Crippen molar-refractivity contribution in [2.24, 2.45) is 0 Å². The van der Waals surface area contributed by atoms with Crippen molar-refractivity contribution in [2.45, 2.75) is 19.9 Å². The van der Waals surface area contributed by atoms with Gasteiger partial charge in [-0.2, -0.15) is 0 Å². The van der Waals surface area contributed by atoms with Gasteiger partial charge in [0, 0.05) is 6.04 Å². The van der Waals surface area contributed by atoms with Crippen molar-refractivity contribution in [3.05, 3.63) is 33.7 Å². The molecule has 2 heterocycles. The summed E-state index contributed by atoms with van der Waals surface area (Å²) in [6.07, 6.45) is 0. The number of carboxylic acids is 1. The molecule has 0 aliphatic heterocycles. The van der Waals surface area contributed by atoms with Crippen molar-refractivity contribution in [3.63, 3.8) is 0 Å². The number of nitrogens with zero attached hydrogens (tertiary/aromatic N) is 1. The van der Waals surface area contributed by atoms with Crippen molar-refractivity contribution in [2.75, 3.05) is 0 Å². The highest BCUT2D eigenvalue weighted by Gasteiger charge is 2.17. The zero-order chi connectivity index (χ0) is 12.6. The van der Waals surface area contributed by atoms with Gasteiger partial charge in [-0.25, -0.2) is 4.79 Å². The van der Waals surface area contributed by atoms with Crippen molar-refractivity contribution in [3.8, 4) is 10.6 Å². The Labute approximate surface area is 112 Å². The molecular weight excluding hydrogens is 302 g/mol. The molecule has 0 unspecified atom stereocenters. The molecule has 0 aliphatic carbocycles. The van der Waals surface area contributed by atoms with Crippen LogP contribution in [0.4, 0.5) is 0 Å². The number of thiophene rings is 1. The van der Waals surface area contributed by atoms with Crippen molar-refractivity contribution in [1.29, 1.82) is 0 Å². The molecule has 1 N–H and O–H groups in total. The van der Waals surface area contributed by atoms with E-state index < -0.39 is 5.97 Å². The zero-order valence-corrected chi connectivity index (χ0v) is 11.9. The van der Waals surface area contributed by atoms with Crippen LogP contribution in [0.15, 0.2) is 28.1 Å². The van der Waals surface area contributed by atoms with Crippen LogP contribution in [0.5, 0.6) is 0 Å². The molecule has 90 valence electrons. The normalized spacial score (nSPS) is 11.1. The quantitative estimate of drug-likeness (QED) is 0.920. The second kappa shape index (κ2) is 4.66. The number of halogens is 1. The minimum absolute atomic E-state index is 0.118. The molecule has 17 heavy (non-hydrogen) atoms. The van der Waals surface area contributed by atoms with E-state index in [0.717, 1.165) is 14.4 Å². The predicted molar refractivity (Wildman–Crippen MR) is 72.8 cm³/mol. The van der Waals surface area contributed by atoms with Gasteiger partial charge in [0.2, 0.25) is 0 Å². The van der Waals surface area contributed by atoms with Crippen LogP contribution >= 0.6 is 27.3 Å². The molecule has 0 atom stereocenters. The fraction of sp³-hybridized carbons (Fsp3) is 0.250. The molecule has 3 nitrogen and oxygen atoms in total. The Kier molecular flexibility index (Phi) is 3.40. The predicted octanol–water partition coefficient (Wildman–Crippen LogP) is 4.26. The van der Waals surface area contributed by atoms with E-state index in [0.29, 0.717) is 5.69 Å². The Morgan fingerprint density at radius 2 is 2.06 bits per heavy atom. The SMILES string of the molecule is CC(C)n1c(C(=O)O)ccc1-c1ccc(Br)s1. The standard InChI is InChI=1S/C12H12BrNO2S/c1-7(2)14-8(3-4-9(14)12(15)16)10-5-6-11(13)17-10/h3-7H,1-2H3,(H,15,16). The zero-order valence-electron chi connectivity index (χ0n) is 9.48. The molecule has 2 aromatic heterocycles. The summed E-state index contributed by atoms with van der Waals surface area (Å²) < 4.78 is 2.89. The van der Waals surface area contributed by atoms with Gasteiger partial charge in [0.05, 0.1) is 14.4 Å². The van der Waals surface area contributed by atoms with Crippen LogP contribution in [0.3, 0.4) is 0 Å². The Morgan fingerprint density at radius 1 is 1.35 bits per heavy atom. The van der Waals surface area contributed by atoms with Crippen LogP contribution in [0.2, 0.25) is 0 Å². The Hall–Kier alpha value is -1.07. The summed E-state index contributed by atoms with van der Waals surface area (Å²) in [6, 6.07) is 7.60. The van der Waals surface area contributed by atoms with Gasteiger partial charge >= 0.3 is 5.97 Å². The number of aromatic carboxylic acids is 1. The Morgan fingerprint density at radius 3 is 2.53 bits per heavy atom. The number of rotatable bonds is 3. The molecule has 0 saturated carbocycles. The maximum absolute atomic E-state index is 11.1. The average molecular weight is 314 g/mol. The van der Waals surface area contributed by atoms with Crippen LogP contribution in [0.1, 0.15) is 30.4 Å². The molecule has 0 saturated heterocycles. The molecule has 2 aromatic rings. The number of hydrogen-bond acceptors (Lipinski definition) is 2. The van der Waals surface area contributed by atoms with Gasteiger partial charge < -0.3 is 9.67 Å². The number of aromatic nitrogens is 1. The summed E-state index contributed by atoms with van der Waals surface area (Å²) in [6.45, 7) is 3.97. The molecule has 0 radical (unpaired) electrons. The van der Waals surface area contributed by atoms with Crippen molar-refractivity contribution in [1.82, 2.24) is 4.57 Å². The summed E-state index contributed by atoms with van der Waals surface area (Å²) >= 11 is 5.02. The smallest absolute Gasteiger partial charge is 0.352 e. The third-order valence-electron chi connectivity index (χ3n) is 2.48. The topological polar surface area (TPSA) is 42.2 Å². The van der Waals surface area contributed by atoms with E-state index in [2.05, 4.69) is 15.9 Å². The van der Waals surface area contributed by atoms with Crippen molar-refractivity contribution >= 4 is 33.2 Å². The fourth-order valence-electron chi connectivity index (χ4n) is 1.83. The molecule has 0 aliphatic rings. The molecular formula is C12H12BrNO2S. The highest BCUT2D eigenvalue weighted by molar-refractivity contribution is 9.11. The molecule has 0 spiro atoms. The molecule has 0 amide bonds. The molecule has 0 fully saturated rings. The van der Waals surface area contributed by atoms with Crippen LogP contribution in [-0.4, -0.2) is 15.6 Å². The van der Waals surface area contributed by atoms with E-state index in [9.17, 15) is 4.79 Å². The first-order valence-electron chi connectivity index (χ1n) is 5.21. The molecule has 0 bridgehead atoms. The second-order valence-electron chi connectivity index (χ2n) is 3.98. The first kappa shape index (κ1) is 12.4. The van der Waals surface area contributed by atoms with E-state index in [1.165, 1.54) is 0 Å². The van der Waals surface area contributed by atoms with Gasteiger partial charge in [-0.15, -0.1) is 11.3 Å². The first-order valence-corrected chi connectivity index (χ1v) is 6.82. The highest BCUT2D eigenvalue weighted by Crippen LogP contribution is 2.34. The van der Waals surface area contributed by atoms with Gasteiger partial charge in [-0.05, 0) is 54.0 Å². The van der Waals surface area contributed by atoms with Gasteiger partial charge in [0.1, 0.15) is 5.69 Å². The maximum Gasteiger partial charge on any atom is 0.352 e. The van der Waals surface area contributed by atoms with Gasteiger partial charge in [-0.1, -0.05) is 0 Å². The lowest BCUT2D eigenvalue weighted by molar-refractivity contribution is 0.0683. The van der Waals surface area contributed by atoms with Crippen LogP contribution in [0, 0.1) is 0 Å². The van der Waals surface area contributed by atoms with Gasteiger partial charge in [-0.3, -0.25) is 0 Å². The highest BCUT2D eigenvalue weighted by atomic mass is 79.9. The van der Waals surface area contributed by atoms with E-state index in [1.807, 2.05) is 36.6 Å². The summed E-state index contributed by atoms with van der Waals surface area (Å²) in [5, 5.41) is 9.15. The average Bonchev–Trinajstić information content (AvgIpc) is 2.82. The summed E-state index contributed by atoms with van der Waals surface area (Å²) in [7, 11) is 0. The molecule has 5 heteroatoms. The van der Waals surface area contributed by atoms with E-state index in [-0.39, 0.29) is 6.04 Å². The van der Waals surface area contributed by atoms with Crippen LogP contribution < -0.4 is 0 Å². The van der Waals surface area contributed by atoms with E-state index in [4.69, 9.17) is 5.11 Å². The maximum atomic E-state index is 11.1. The Bertz CT molecular complexity index is 557. The van der Waals surface area contributed by atoms with E-state index in [1.54, 1.807) is 17.4 Å². The van der Waals surface area contributed by atoms with Crippen molar-refractivity contribution < 1.29 is 9.90 Å². The van der Waals surface area contributed by atoms with E-state index >= 15 is 0 Å². The molecule has 0 aromatic carbocycles. The third-order valence-corrected chi connectivity index (χ3v) is 4.13. The minimum atomic E-state index is -0.888. The number of carbonyl (C=O) groups is 1. The second-order valence-corrected chi connectivity index (χ2v) is 6.44. The minimum Gasteiger partial charge on any atom is -0.477 e. The lowest BCUT2D eigenvalue weighted by atomic mass is 10.3. The largest absolute Gasteiger partial charge is 0.477 e. The molecule has 2 rings (SSSR count). The third kappa shape index (κ3) is 2.30. The fourth-order valence-corrected chi connectivity index (χ4v) is 3.24. The Balaban J connectivity index is 2.59. The van der Waals surface area contributed by atoms with Gasteiger partial charge in [0.15, 0.2) is 0 Å². The van der Waals surface area contributed by atoms with Crippen LogP contribution in [-0.2, 0) is 0 Å². The number of hydrogen-bond donors (Lipinski definition) is 1. The first-order chi connectivity index (χ1) is 8.00.